The third-order valence-electron chi connectivity index (χ3n) is 3.21. The van der Waals surface area contributed by atoms with Crippen molar-refractivity contribution in [3.05, 3.63) is 57.8 Å². The zero-order valence-electron chi connectivity index (χ0n) is 12.7. The maximum Gasteiger partial charge on any atom is 0.130 e. The molecule has 1 aromatic heterocycles. The molecule has 0 amide bonds. The largest absolute Gasteiger partial charge is 0.487 e. The number of rotatable bonds is 6. The van der Waals surface area contributed by atoms with Crippen LogP contribution in [0.15, 0.2) is 41.0 Å². The first-order valence-electron chi connectivity index (χ1n) is 7.11. The van der Waals surface area contributed by atoms with Crippen molar-refractivity contribution in [2.75, 3.05) is 0 Å². The lowest BCUT2D eigenvalue weighted by molar-refractivity contribution is 0.300. The van der Waals surface area contributed by atoms with E-state index in [9.17, 15) is 0 Å². The molecule has 2 aromatic rings. The second-order valence-electron chi connectivity index (χ2n) is 5.34. The summed E-state index contributed by atoms with van der Waals surface area (Å²) in [6.07, 6.45) is 1.80. The van der Waals surface area contributed by atoms with Gasteiger partial charge in [-0.3, -0.25) is 4.98 Å². The molecule has 0 bridgehead atoms. The number of pyridine rings is 1. The number of benzene rings is 1. The summed E-state index contributed by atoms with van der Waals surface area (Å²) in [5.74, 6) is 0.865. The third-order valence-corrected chi connectivity index (χ3v) is 3.98. The molecule has 0 unspecified atom stereocenters. The smallest absolute Gasteiger partial charge is 0.130 e. The summed E-state index contributed by atoms with van der Waals surface area (Å²) in [4.78, 5) is 4.35. The van der Waals surface area contributed by atoms with Crippen molar-refractivity contribution in [3.63, 3.8) is 0 Å². The zero-order valence-corrected chi connectivity index (χ0v) is 14.3. The van der Waals surface area contributed by atoms with Gasteiger partial charge in [-0.2, -0.15) is 0 Å². The van der Waals surface area contributed by atoms with Gasteiger partial charge < -0.3 is 10.1 Å². The predicted octanol–water partition coefficient (Wildman–Crippen LogP) is 4.23. The zero-order chi connectivity index (χ0) is 15.2. The lowest BCUT2D eigenvalue weighted by Crippen LogP contribution is -2.22. The van der Waals surface area contributed by atoms with Crippen LogP contribution in [0.1, 0.15) is 30.7 Å². The highest BCUT2D eigenvalue weighted by Crippen LogP contribution is 2.23. The Morgan fingerprint density at radius 2 is 2.10 bits per heavy atom. The molecule has 4 heteroatoms. The molecular weight excluding hydrogens is 328 g/mol. The van der Waals surface area contributed by atoms with Crippen LogP contribution in [0.5, 0.6) is 5.75 Å². The van der Waals surface area contributed by atoms with E-state index in [0.29, 0.717) is 12.6 Å². The van der Waals surface area contributed by atoms with E-state index in [2.05, 4.69) is 46.1 Å². The molecule has 0 fully saturated rings. The Kier molecular flexibility index (Phi) is 5.76. The van der Waals surface area contributed by atoms with Crippen LogP contribution >= 0.6 is 15.9 Å². The van der Waals surface area contributed by atoms with Crippen LogP contribution in [-0.2, 0) is 13.2 Å². The molecule has 0 atom stereocenters. The fourth-order valence-electron chi connectivity index (χ4n) is 1.91. The summed E-state index contributed by atoms with van der Waals surface area (Å²) in [5, 5.41) is 3.41. The van der Waals surface area contributed by atoms with Crippen LogP contribution in [0, 0.1) is 6.92 Å². The van der Waals surface area contributed by atoms with Crippen molar-refractivity contribution in [2.24, 2.45) is 0 Å². The monoisotopic (exact) mass is 348 g/mol. The molecule has 0 aliphatic heterocycles. The van der Waals surface area contributed by atoms with E-state index in [0.717, 1.165) is 28.0 Å². The Morgan fingerprint density at radius 1 is 1.29 bits per heavy atom. The van der Waals surface area contributed by atoms with Crippen molar-refractivity contribution in [1.29, 1.82) is 0 Å². The van der Waals surface area contributed by atoms with E-state index < -0.39 is 0 Å². The fraction of sp³-hybridized carbons (Fsp3) is 0.353. The lowest BCUT2D eigenvalue weighted by atomic mass is 10.2. The van der Waals surface area contributed by atoms with Gasteiger partial charge in [0.1, 0.15) is 12.4 Å². The van der Waals surface area contributed by atoms with Gasteiger partial charge in [-0.05, 0) is 42.3 Å². The molecule has 2 rings (SSSR count). The minimum absolute atomic E-state index is 0.456. The highest BCUT2D eigenvalue weighted by atomic mass is 79.9. The predicted molar refractivity (Wildman–Crippen MR) is 89.4 cm³/mol. The number of ether oxygens (including phenoxy) is 1. The first kappa shape index (κ1) is 16.0. The standard InChI is InChI=1S/C17H21BrN2O/c1-12(2)20-10-14-9-15(6-7-16(14)18)21-11-17-13(3)5-4-8-19-17/h4-9,12,20H,10-11H2,1-3H3. The average Bonchev–Trinajstić information content (AvgIpc) is 2.46. The van der Waals surface area contributed by atoms with Crippen LogP contribution in [0.3, 0.4) is 0 Å². The van der Waals surface area contributed by atoms with Crippen molar-refractivity contribution >= 4 is 15.9 Å². The fourth-order valence-corrected chi connectivity index (χ4v) is 2.30. The van der Waals surface area contributed by atoms with Gasteiger partial charge in [-0.1, -0.05) is 35.8 Å². The minimum atomic E-state index is 0.456. The van der Waals surface area contributed by atoms with Crippen LogP contribution < -0.4 is 10.1 Å². The first-order valence-corrected chi connectivity index (χ1v) is 7.90. The van der Waals surface area contributed by atoms with Gasteiger partial charge in [0.15, 0.2) is 0 Å². The van der Waals surface area contributed by atoms with Gasteiger partial charge in [0.25, 0.3) is 0 Å². The molecule has 0 aliphatic carbocycles. The summed E-state index contributed by atoms with van der Waals surface area (Å²) < 4.78 is 6.96. The van der Waals surface area contributed by atoms with E-state index in [4.69, 9.17) is 4.74 Å². The van der Waals surface area contributed by atoms with Crippen LogP contribution in [0.4, 0.5) is 0 Å². The highest BCUT2D eigenvalue weighted by Gasteiger charge is 2.05. The Labute approximate surface area is 134 Å². The molecule has 21 heavy (non-hydrogen) atoms. The van der Waals surface area contributed by atoms with Crippen molar-refractivity contribution in [3.8, 4) is 5.75 Å². The number of aryl methyl sites for hydroxylation is 1. The number of aromatic nitrogens is 1. The maximum absolute atomic E-state index is 5.86. The van der Waals surface area contributed by atoms with E-state index >= 15 is 0 Å². The highest BCUT2D eigenvalue weighted by molar-refractivity contribution is 9.10. The summed E-state index contributed by atoms with van der Waals surface area (Å²) in [6, 6.07) is 10.5. The molecule has 0 saturated carbocycles. The molecule has 0 aliphatic rings. The maximum atomic E-state index is 5.86. The van der Waals surface area contributed by atoms with E-state index in [1.807, 2.05) is 31.2 Å². The molecule has 1 aromatic carbocycles. The van der Waals surface area contributed by atoms with Crippen molar-refractivity contribution in [1.82, 2.24) is 10.3 Å². The van der Waals surface area contributed by atoms with Crippen molar-refractivity contribution in [2.45, 2.75) is 40.0 Å². The molecule has 1 heterocycles. The van der Waals surface area contributed by atoms with E-state index in [1.54, 1.807) is 6.20 Å². The summed E-state index contributed by atoms with van der Waals surface area (Å²) in [5.41, 5.74) is 3.32. The average molecular weight is 349 g/mol. The number of hydrogen-bond acceptors (Lipinski definition) is 3. The Morgan fingerprint density at radius 3 is 2.81 bits per heavy atom. The lowest BCUT2D eigenvalue weighted by Gasteiger charge is -2.12. The second kappa shape index (κ2) is 7.57. The molecule has 1 N–H and O–H groups in total. The second-order valence-corrected chi connectivity index (χ2v) is 6.20. The van der Waals surface area contributed by atoms with Gasteiger partial charge in [-0.15, -0.1) is 0 Å². The van der Waals surface area contributed by atoms with Gasteiger partial charge >= 0.3 is 0 Å². The van der Waals surface area contributed by atoms with Gasteiger partial charge in [0.05, 0.1) is 5.69 Å². The van der Waals surface area contributed by atoms with Crippen LogP contribution in [-0.4, -0.2) is 11.0 Å². The quantitative estimate of drug-likeness (QED) is 0.848. The van der Waals surface area contributed by atoms with Crippen molar-refractivity contribution < 1.29 is 4.74 Å². The Hall–Kier alpha value is -1.39. The topological polar surface area (TPSA) is 34.1 Å². The Bertz CT molecular complexity index is 599. The number of halogens is 1. The summed E-state index contributed by atoms with van der Waals surface area (Å²) >= 11 is 3.58. The molecule has 0 spiro atoms. The normalized spacial score (nSPS) is 10.9. The summed E-state index contributed by atoms with van der Waals surface area (Å²) in [6.45, 7) is 7.63. The van der Waals surface area contributed by atoms with Crippen LogP contribution in [0.25, 0.3) is 0 Å². The molecule has 112 valence electrons. The Balaban J connectivity index is 2.03. The van der Waals surface area contributed by atoms with E-state index in [1.165, 1.54) is 5.56 Å². The minimum Gasteiger partial charge on any atom is -0.487 e. The van der Waals surface area contributed by atoms with Gasteiger partial charge in [0.2, 0.25) is 0 Å². The number of nitrogens with zero attached hydrogens (tertiary/aromatic N) is 1. The van der Waals surface area contributed by atoms with E-state index in [-0.39, 0.29) is 0 Å². The molecule has 0 radical (unpaired) electrons. The molecule has 3 nitrogen and oxygen atoms in total. The molecular formula is C17H21BrN2O. The third kappa shape index (κ3) is 4.83. The first-order chi connectivity index (χ1) is 10.1. The van der Waals surface area contributed by atoms with Gasteiger partial charge in [0, 0.05) is 23.3 Å². The summed E-state index contributed by atoms with van der Waals surface area (Å²) in [7, 11) is 0. The molecule has 0 saturated heterocycles. The van der Waals surface area contributed by atoms with Gasteiger partial charge in [-0.25, -0.2) is 0 Å². The SMILES string of the molecule is Cc1cccnc1COc1ccc(Br)c(CNC(C)C)c1. The van der Waals surface area contributed by atoms with Crippen LogP contribution in [0.2, 0.25) is 0 Å². The number of hydrogen-bond donors (Lipinski definition) is 1. The number of nitrogens with one attached hydrogen (secondary N) is 1.